The summed E-state index contributed by atoms with van der Waals surface area (Å²) in [6.07, 6.45) is 1.15. The first-order valence-corrected chi connectivity index (χ1v) is 19.1. The van der Waals surface area contributed by atoms with Gasteiger partial charge in [-0.25, -0.2) is 9.59 Å². The van der Waals surface area contributed by atoms with E-state index in [4.69, 9.17) is 9.47 Å². The van der Waals surface area contributed by atoms with Crippen LogP contribution in [0.3, 0.4) is 0 Å². The molecule has 0 radical (unpaired) electrons. The molecule has 55 heavy (non-hydrogen) atoms. The van der Waals surface area contributed by atoms with Crippen molar-refractivity contribution in [3.05, 3.63) is 29.8 Å². The molecule has 1 fully saturated rings. The summed E-state index contributed by atoms with van der Waals surface area (Å²) in [5.41, 5.74) is 0.729. The lowest BCUT2D eigenvalue weighted by atomic mass is 9.80. The molecule has 3 N–H and O–H groups in total. The van der Waals surface area contributed by atoms with Crippen molar-refractivity contribution in [2.24, 2.45) is 22.7 Å². The molecule has 0 saturated carbocycles. The smallest absolute Gasteiger partial charge is 0.409 e. The maximum atomic E-state index is 13.1. The van der Waals surface area contributed by atoms with Crippen LogP contribution in [0.15, 0.2) is 24.3 Å². The van der Waals surface area contributed by atoms with Crippen LogP contribution < -0.4 is 16.0 Å². The minimum atomic E-state index is -0.907. The molecule has 0 aromatic heterocycles. The first-order chi connectivity index (χ1) is 25.5. The zero-order valence-electron chi connectivity index (χ0n) is 34.7. The largest absolute Gasteiger partial charge is 0.449 e. The highest BCUT2D eigenvalue weighted by atomic mass is 16.6. The monoisotopic (exact) mass is 772 g/mol. The third-order valence-corrected chi connectivity index (χ3v) is 9.20. The molecule has 1 aliphatic rings. The second-order valence-electron chi connectivity index (χ2n) is 17.0. The molecule has 1 aliphatic heterocycles. The van der Waals surface area contributed by atoms with Crippen LogP contribution in [0, 0.1) is 22.7 Å². The average Bonchev–Trinajstić information content (AvgIpc) is 3.39. The summed E-state index contributed by atoms with van der Waals surface area (Å²) in [4.78, 5) is 92.5. The number of unbranched alkanes of at least 4 members (excludes halogenated alkanes) is 2. The third kappa shape index (κ3) is 15.9. The number of likely N-dealkylation sites (N-methyl/N-ethyl adjacent to an activating group) is 2. The molecule has 2 rings (SSSR count). The van der Waals surface area contributed by atoms with Crippen LogP contribution in [0.2, 0.25) is 0 Å². The molecular weight excluding hydrogens is 708 g/mol. The van der Waals surface area contributed by atoms with Gasteiger partial charge in [-0.15, -0.1) is 0 Å². The number of carbonyl (C=O) groups excluding carboxylic acids is 7. The molecule has 0 aliphatic carbocycles. The van der Waals surface area contributed by atoms with Crippen molar-refractivity contribution >= 4 is 47.4 Å². The van der Waals surface area contributed by atoms with Crippen molar-refractivity contribution in [2.45, 2.75) is 113 Å². The molecular formula is C40H64N6O9. The van der Waals surface area contributed by atoms with Gasteiger partial charge in [-0.2, -0.15) is 0 Å². The van der Waals surface area contributed by atoms with Crippen molar-refractivity contribution < 1.29 is 43.0 Å². The number of anilines is 1. The molecule has 3 atom stereocenters. The number of benzene rings is 1. The Morgan fingerprint density at radius 1 is 0.818 bits per heavy atom. The summed E-state index contributed by atoms with van der Waals surface area (Å²) in [7, 11) is 3.17. The molecule has 1 aromatic carbocycles. The number of amides is 7. The number of hydrogen-bond donors (Lipinski definition) is 3. The van der Waals surface area contributed by atoms with Gasteiger partial charge in [0.2, 0.25) is 29.5 Å². The van der Waals surface area contributed by atoms with Crippen LogP contribution in [0.5, 0.6) is 0 Å². The first kappa shape index (κ1) is 46.5. The molecule has 1 heterocycles. The number of hydrogen-bond acceptors (Lipinski definition) is 9. The molecule has 1 aromatic rings. The number of ether oxygens (including phenoxy) is 2. The van der Waals surface area contributed by atoms with Gasteiger partial charge in [0.25, 0.3) is 0 Å². The van der Waals surface area contributed by atoms with E-state index >= 15 is 0 Å². The minimum absolute atomic E-state index is 0.00566. The molecule has 15 nitrogen and oxygen atoms in total. The first-order valence-electron chi connectivity index (χ1n) is 19.1. The fourth-order valence-electron chi connectivity index (χ4n) is 5.54. The van der Waals surface area contributed by atoms with E-state index in [1.165, 1.54) is 14.7 Å². The van der Waals surface area contributed by atoms with E-state index in [9.17, 15) is 33.6 Å². The summed E-state index contributed by atoms with van der Waals surface area (Å²) in [6.45, 7) is 18.0. The lowest BCUT2D eigenvalue weighted by Gasteiger charge is -2.25. The Morgan fingerprint density at radius 2 is 1.40 bits per heavy atom. The van der Waals surface area contributed by atoms with Gasteiger partial charge >= 0.3 is 12.2 Å². The average molecular weight is 773 g/mol. The lowest BCUT2D eigenvalue weighted by molar-refractivity contribution is -0.140. The number of likely N-dealkylation sites (tertiary alicyclic amines) is 1. The summed E-state index contributed by atoms with van der Waals surface area (Å²) in [5.74, 6) is -2.08. The Labute approximate surface area is 326 Å². The zero-order valence-corrected chi connectivity index (χ0v) is 34.7. The van der Waals surface area contributed by atoms with Crippen molar-refractivity contribution in [1.82, 2.24) is 25.3 Å². The van der Waals surface area contributed by atoms with Crippen molar-refractivity contribution in [3.8, 4) is 0 Å². The highest BCUT2D eigenvalue weighted by Gasteiger charge is 2.44. The molecule has 1 saturated heterocycles. The summed E-state index contributed by atoms with van der Waals surface area (Å²) in [5, 5.41) is 8.21. The van der Waals surface area contributed by atoms with Crippen LogP contribution in [0.4, 0.5) is 15.3 Å². The van der Waals surface area contributed by atoms with Gasteiger partial charge in [0.05, 0.1) is 12.5 Å². The third-order valence-electron chi connectivity index (χ3n) is 9.20. The van der Waals surface area contributed by atoms with Gasteiger partial charge in [0.15, 0.2) is 0 Å². The standard InChI is InChI=1S/C40H64N6O9/c1-26(2)33(43-31(47)15-13-12-14-20-46-32(48)23-30(36(46)51)40(7,8)9)35(50)41-27(3)34(49)42-29-18-16-28(17-19-29)24-54-37(52)44(10)21-22-45(11)38(53)55-25-39(4,5)6/h16-19,26-27,30,33H,12-15,20-25H2,1-11H3,(H,41,50)(H,42,49)(H,43,47)/t27-,30?,33-/m0/s1. The van der Waals surface area contributed by atoms with Crippen molar-refractivity contribution in [3.63, 3.8) is 0 Å². The Hall–Kier alpha value is -4.69. The highest BCUT2D eigenvalue weighted by Crippen LogP contribution is 2.35. The summed E-state index contributed by atoms with van der Waals surface area (Å²) < 4.78 is 10.7. The van der Waals surface area contributed by atoms with E-state index in [0.29, 0.717) is 37.1 Å². The predicted octanol–water partition coefficient (Wildman–Crippen LogP) is 4.94. The number of imide groups is 1. The van der Waals surface area contributed by atoms with E-state index in [1.54, 1.807) is 59.1 Å². The number of nitrogens with one attached hydrogen (secondary N) is 3. The highest BCUT2D eigenvalue weighted by molar-refractivity contribution is 6.04. The van der Waals surface area contributed by atoms with E-state index < -0.39 is 36.1 Å². The van der Waals surface area contributed by atoms with Crippen molar-refractivity contribution in [1.29, 1.82) is 0 Å². The summed E-state index contributed by atoms with van der Waals surface area (Å²) in [6, 6.07) is 4.94. The van der Waals surface area contributed by atoms with E-state index in [2.05, 4.69) is 16.0 Å². The van der Waals surface area contributed by atoms with E-state index in [0.717, 1.165) is 0 Å². The SMILES string of the molecule is CC(C)[C@H](NC(=O)CCCCCN1C(=O)CC(C(C)(C)C)C1=O)C(=O)N[C@@H](C)C(=O)Nc1ccc(COC(=O)N(C)CCN(C)C(=O)OCC(C)(C)C)cc1. The van der Waals surface area contributed by atoms with Crippen LogP contribution in [-0.4, -0.2) is 109 Å². The van der Waals surface area contributed by atoms with Gasteiger partial charge in [-0.3, -0.25) is 28.9 Å². The van der Waals surface area contributed by atoms with Crippen LogP contribution >= 0.6 is 0 Å². The Kier molecular flexibility index (Phi) is 17.6. The van der Waals surface area contributed by atoms with E-state index in [-0.39, 0.29) is 79.5 Å². The number of carbonyl (C=O) groups is 7. The van der Waals surface area contributed by atoms with Gasteiger partial charge in [0.1, 0.15) is 18.7 Å². The molecule has 308 valence electrons. The molecule has 0 bridgehead atoms. The lowest BCUT2D eigenvalue weighted by Crippen LogP contribution is -2.53. The quantitative estimate of drug-likeness (QED) is 0.138. The molecule has 7 amide bonds. The van der Waals surface area contributed by atoms with Crippen LogP contribution in [-0.2, 0) is 40.1 Å². The van der Waals surface area contributed by atoms with Gasteiger partial charge in [-0.05, 0) is 54.2 Å². The second-order valence-corrected chi connectivity index (χ2v) is 17.0. The number of rotatable bonds is 18. The second kappa shape index (κ2) is 20.8. The Balaban J connectivity index is 1.74. The zero-order chi connectivity index (χ0) is 41.7. The molecule has 15 heteroatoms. The normalized spacial score (nSPS) is 15.6. The fraction of sp³-hybridized carbons (Fsp3) is 0.675. The Bertz CT molecular complexity index is 1500. The van der Waals surface area contributed by atoms with Crippen LogP contribution in [0.1, 0.15) is 100.0 Å². The number of nitrogens with zero attached hydrogens (tertiary/aromatic N) is 3. The minimum Gasteiger partial charge on any atom is -0.449 e. The topological polar surface area (TPSA) is 184 Å². The van der Waals surface area contributed by atoms with Gasteiger partial charge in [0, 0.05) is 52.3 Å². The van der Waals surface area contributed by atoms with Gasteiger partial charge < -0.3 is 35.2 Å². The molecule has 1 unspecified atom stereocenters. The van der Waals surface area contributed by atoms with Crippen molar-refractivity contribution in [2.75, 3.05) is 45.7 Å². The Morgan fingerprint density at radius 3 is 1.93 bits per heavy atom. The van der Waals surface area contributed by atoms with E-state index in [1.807, 2.05) is 41.5 Å². The maximum Gasteiger partial charge on any atom is 0.409 e. The van der Waals surface area contributed by atoms with Crippen LogP contribution in [0.25, 0.3) is 0 Å². The maximum absolute atomic E-state index is 13.1. The van der Waals surface area contributed by atoms with Gasteiger partial charge in [-0.1, -0.05) is 73.9 Å². The predicted molar refractivity (Wildman–Crippen MR) is 208 cm³/mol. The summed E-state index contributed by atoms with van der Waals surface area (Å²) >= 11 is 0. The fourth-order valence-corrected chi connectivity index (χ4v) is 5.54. The molecule has 0 spiro atoms.